The average molecular weight is 644 g/mol. The molecule has 4 atom stereocenters. The van der Waals surface area contributed by atoms with Gasteiger partial charge in [0.2, 0.25) is 17.7 Å². The summed E-state index contributed by atoms with van der Waals surface area (Å²) in [7, 11) is 0. The summed E-state index contributed by atoms with van der Waals surface area (Å²) in [5.74, 6) is -2.73. The van der Waals surface area contributed by atoms with Gasteiger partial charge in [-0.2, -0.15) is 0 Å². The van der Waals surface area contributed by atoms with Gasteiger partial charge in [-0.1, -0.05) is 91.0 Å². The molecule has 3 aromatic rings. The highest BCUT2D eigenvalue weighted by molar-refractivity contribution is 5.93. The predicted molar refractivity (Wildman–Crippen MR) is 173 cm³/mol. The van der Waals surface area contributed by atoms with Crippen molar-refractivity contribution in [2.45, 2.75) is 62.9 Å². The van der Waals surface area contributed by atoms with Gasteiger partial charge in [0.15, 0.2) is 6.10 Å². The summed E-state index contributed by atoms with van der Waals surface area (Å²) in [4.78, 5) is 66.0. The highest BCUT2D eigenvalue weighted by Gasteiger charge is 2.40. The maximum Gasteiger partial charge on any atom is 0.408 e. The van der Waals surface area contributed by atoms with Gasteiger partial charge >= 0.3 is 6.09 Å². The van der Waals surface area contributed by atoms with E-state index in [-0.39, 0.29) is 25.5 Å². The molecule has 12 nitrogen and oxygen atoms in total. The van der Waals surface area contributed by atoms with Gasteiger partial charge < -0.3 is 36.4 Å². The van der Waals surface area contributed by atoms with Crippen LogP contribution in [-0.4, -0.2) is 77.0 Å². The first-order valence-corrected chi connectivity index (χ1v) is 15.6. The lowest BCUT2D eigenvalue weighted by Crippen LogP contribution is -2.58. The molecule has 0 saturated carbocycles. The van der Waals surface area contributed by atoms with Gasteiger partial charge in [0, 0.05) is 13.1 Å². The molecular formula is C35H41N5O7. The van der Waals surface area contributed by atoms with Crippen LogP contribution >= 0.6 is 0 Å². The summed E-state index contributed by atoms with van der Waals surface area (Å²) in [5, 5.41) is 19.3. The summed E-state index contributed by atoms with van der Waals surface area (Å²) in [6, 6.07) is 24.1. The van der Waals surface area contributed by atoms with Crippen LogP contribution in [0.15, 0.2) is 91.0 Å². The number of aliphatic hydroxyl groups is 1. The van der Waals surface area contributed by atoms with Gasteiger partial charge in [0.05, 0.1) is 12.5 Å². The van der Waals surface area contributed by atoms with Crippen LogP contribution in [0.4, 0.5) is 4.79 Å². The molecule has 0 aliphatic carbocycles. The highest BCUT2D eigenvalue weighted by atomic mass is 16.5. The molecule has 47 heavy (non-hydrogen) atoms. The summed E-state index contributed by atoms with van der Waals surface area (Å²) < 4.78 is 5.20. The Morgan fingerprint density at radius 1 is 0.851 bits per heavy atom. The molecule has 0 unspecified atom stereocenters. The van der Waals surface area contributed by atoms with Crippen molar-refractivity contribution in [1.29, 1.82) is 0 Å². The molecule has 6 N–H and O–H groups in total. The fourth-order valence-electron chi connectivity index (χ4n) is 5.45. The zero-order valence-electron chi connectivity index (χ0n) is 26.0. The maximum absolute atomic E-state index is 13.7. The van der Waals surface area contributed by atoms with Crippen LogP contribution in [0.1, 0.15) is 36.0 Å². The van der Waals surface area contributed by atoms with E-state index < -0.39 is 54.5 Å². The molecule has 1 aliphatic rings. The van der Waals surface area contributed by atoms with Gasteiger partial charge in [-0.25, -0.2) is 4.79 Å². The Balaban J connectivity index is 1.43. The summed E-state index contributed by atoms with van der Waals surface area (Å²) in [6.45, 7) is 0.578. The molecular weight excluding hydrogens is 602 g/mol. The average Bonchev–Trinajstić information content (AvgIpc) is 3.58. The number of primary amides is 1. The van der Waals surface area contributed by atoms with Crippen molar-refractivity contribution in [2.24, 2.45) is 5.73 Å². The lowest BCUT2D eigenvalue weighted by molar-refractivity contribution is -0.147. The number of nitrogens with zero attached hydrogens (tertiary/aromatic N) is 1. The molecule has 1 fully saturated rings. The van der Waals surface area contributed by atoms with Crippen molar-refractivity contribution in [3.05, 3.63) is 108 Å². The summed E-state index contributed by atoms with van der Waals surface area (Å²) >= 11 is 0. The third kappa shape index (κ3) is 10.7. The van der Waals surface area contributed by atoms with E-state index in [4.69, 9.17) is 10.5 Å². The van der Waals surface area contributed by atoms with Crippen LogP contribution in [0.3, 0.4) is 0 Å². The van der Waals surface area contributed by atoms with E-state index in [1.165, 1.54) is 4.90 Å². The molecule has 0 spiro atoms. The first-order chi connectivity index (χ1) is 22.7. The van der Waals surface area contributed by atoms with E-state index in [1.807, 2.05) is 36.4 Å². The predicted octanol–water partition coefficient (Wildman–Crippen LogP) is 1.60. The van der Waals surface area contributed by atoms with Crippen LogP contribution in [0, 0.1) is 0 Å². The fraction of sp³-hybridized carbons (Fsp3) is 0.343. The van der Waals surface area contributed by atoms with Crippen molar-refractivity contribution in [2.75, 3.05) is 13.1 Å². The first-order valence-electron chi connectivity index (χ1n) is 15.6. The number of amides is 5. The van der Waals surface area contributed by atoms with E-state index in [1.54, 1.807) is 54.6 Å². The number of carbonyl (C=O) groups excluding carboxylic acids is 5. The van der Waals surface area contributed by atoms with E-state index in [0.29, 0.717) is 36.9 Å². The third-order valence-corrected chi connectivity index (χ3v) is 7.88. The molecule has 4 rings (SSSR count). The molecule has 3 aromatic carbocycles. The third-order valence-electron chi connectivity index (χ3n) is 7.88. The van der Waals surface area contributed by atoms with Gasteiger partial charge in [-0.15, -0.1) is 0 Å². The Morgan fingerprint density at radius 2 is 1.45 bits per heavy atom. The molecule has 0 bridgehead atoms. The molecule has 248 valence electrons. The molecule has 1 saturated heterocycles. The van der Waals surface area contributed by atoms with Crippen LogP contribution in [0.25, 0.3) is 0 Å². The zero-order chi connectivity index (χ0) is 33.6. The van der Waals surface area contributed by atoms with Gasteiger partial charge in [0.1, 0.15) is 18.7 Å². The monoisotopic (exact) mass is 643 g/mol. The van der Waals surface area contributed by atoms with Crippen LogP contribution < -0.4 is 21.7 Å². The Morgan fingerprint density at radius 3 is 2.06 bits per heavy atom. The Bertz CT molecular complexity index is 1490. The van der Waals surface area contributed by atoms with E-state index in [9.17, 15) is 29.1 Å². The largest absolute Gasteiger partial charge is 0.445 e. The number of ether oxygens (including phenoxy) is 1. The Hall–Kier alpha value is -5.23. The molecule has 5 amide bonds. The first kappa shape index (κ1) is 34.6. The van der Waals surface area contributed by atoms with Crippen molar-refractivity contribution in [3.63, 3.8) is 0 Å². The number of nitrogens with one attached hydrogen (secondary N) is 3. The van der Waals surface area contributed by atoms with Crippen LogP contribution in [0.2, 0.25) is 0 Å². The van der Waals surface area contributed by atoms with Gasteiger partial charge in [0.25, 0.3) is 5.91 Å². The van der Waals surface area contributed by atoms with E-state index in [2.05, 4.69) is 16.0 Å². The second kappa shape index (κ2) is 17.5. The number of aliphatic hydroxyl groups excluding tert-OH is 1. The van der Waals surface area contributed by atoms with Gasteiger partial charge in [-0.3, -0.25) is 19.2 Å². The number of nitrogens with two attached hydrogens (primary N) is 1. The lowest BCUT2D eigenvalue weighted by atomic mass is 9.99. The minimum atomic E-state index is -1.74. The van der Waals surface area contributed by atoms with E-state index >= 15 is 0 Å². The number of hydrogen-bond acceptors (Lipinski definition) is 7. The lowest BCUT2D eigenvalue weighted by Gasteiger charge is -2.31. The molecule has 0 radical (unpaired) electrons. The quantitative estimate of drug-likeness (QED) is 0.167. The number of rotatable bonds is 15. The fourth-order valence-corrected chi connectivity index (χ4v) is 5.45. The van der Waals surface area contributed by atoms with Crippen LogP contribution in [-0.2, 0) is 43.4 Å². The maximum atomic E-state index is 13.7. The summed E-state index contributed by atoms with van der Waals surface area (Å²) in [5.41, 5.74) is 7.86. The van der Waals surface area contributed by atoms with Crippen LogP contribution in [0.5, 0.6) is 0 Å². The minimum Gasteiger partial charge on any atom is -0.445 e. The van der Waals surface area contributed by atoms with Crippen molar-refractivity contribution in [3.8, 4) is 0 Å². The number of carbonyl (C=O) groups is 5. The van der Waals surface area contributed by atoms with Gasteiger partial charge in [-0.05, 0) is 42.4 Å². The second-order valence-electron chi connectivity index (χ2n) is 11.4. The second-order valence-corrected chi connectivity index (χ2v) is 11.4. The number of benzene rings is 3. The van der Waals surface area contributed by atoms with Crippen molar-refractivity contribution < 1.29 is 33.8 Å². The minimum absolute atomic E-state index is 0.0447. The molecule has 12 heteroatoms. The van der Waals surface area contributed by atoms with Crippen molar-refractivity contribution in [1.82, 2.24) is 20.9 Å². The standard InChI is InChI=1S/C35H41N5O7/c36-30(41)22-28(39-35(46)47-23-26-15-8-3-9-16-26)32(43)38-27(21-25-13-6-2-7-14-25)31(42)34(45)40-20-10-17-29(40)33(44)37-19-18-24-11-4-1-5-12-24/h1-9,11-16,27-29,31,42H,10,17-23H2,(H2,36,41)(H,37,44)(H,38,43)(H,39,46)/t27-,28-,29-,31-/m0/s1. The zero-order valence-corrected chi connectivity index (χ0v) is 26.0. The van der Waals surface area contributed by atoms with Crippen molar-refractivity contribution >= 4 is 29.7 Å². The SMILES string of the molecule is NC(=O)C[C@H](NC(=O)OCc1ccccc1)C(=O)N[C@@H](Cc1ccccc1)[C@H](O)C(=O)N1CCC[C@H]1C(=O)NCCc1ccccc1. The number of likely N-dealkylation sites (tertiary alicyclic amines) is 1. The molecule has 1 aliphatic heterocycles. The normalized spacial score (nSPS) is 15.9. The topological polar surface area (TPSA) is 180 Å². The molecule has 0 aromatic heterocycles. The smallest absolute Gasteiger partial charge is 0.408 e. The van der Waals surface area contributed by atoms with E-state index in [0.717, 1.165) is 5.56 Å². The highest BCUT2D eigenvalue weighted by Crippen LogP contribution is 2.20. The molecule has 1 heterocycles. The summed E-state index contributed by atoms with van der Waals surface area (Å²) in [6.07, 6.45) is -1.57. The number of alkyl carbamates (subject to hydrolysis) is 1. The Labute approximate surface area is 273 Å². The Kier molecular flexibility index (Phi) is 12.9. The number of hydrogen-bond donors (Lipinski definition) is 5.